The van der Waals surface area contributed by atoms with Crippen LogP contribution in [0, 0.1) is 0 Å². The summed E-state index contributed by atoms with van der Waals surface area (Å²) in [5, 5.41) is 4.86. The Bertz CT molecular complexity index is 417. The Hall–Kier alpha value is -1.36. The zero-order valence-corrected chi connectivity index (χ0v) is 11.3. The number of thiophene rings is 1. The highest BCUT2D eigenvalue weighted by Gasteiger charge is 2.35. The topological polar surface area (TPSA) is 49.4 Å². The fraction of sp³-hybridized carbons (Fsp3) is 0.538. The number of hydrogen-bond donors (Lipinski definition) is 1. The number of nitrogens with zero attached hydrogens (tertiary/aromatic N) is 1. The first-order valence-corrected chi connectivity index (χ1v) is 7.20. The minimum Gasteiger partial charge on any atom is -0.354 e. The summed E-state index contributed by atoms with van der Waals surface area (Å²) in [6.45, 7) is 3.25. The molecule has 0 aliphatic carbocycles. The van der Waals surface area contributed by atoms with Crippen LogP contribution in [0.15, 0.2) is 17.5 Å². The van der Waals surface area contributed by atoms with Gasteiger partial charge < -0.3 is 10.2 Å². The van der Waals surface area contributed by atoms with Crippen molar-refractivity contribution in [3.8, 4) is 0 Å². The van der Waals surface area contributed by atoms with Crippen LogP contribution in [0.1, 0.15) is 31.1 Å². The molecule has 0 bridgehead atoms. The molecule has 2 amide bonds. The number of rotatable bonds is 5. The van der Waals surface area contributed by atoms with Crippen LogP contribution in [-0.2, 0) is 16.1 Å². The average molecular weight is 266 g/mol. The molecule has 18 heavy (non-hydrogen) atoms. The lowest BCUT2D eigenvalue weighted by atomic mass is 10.2. The van der Waals surface area contributed by atoms with Crippen molar-refractivity contribution in [2.75, 3.05) is 6.54 Å². The van der Waals surface area contributed by atoms with Gasteiger partial charge in [-0.15, -0.1) is 11.3 Å². The predicted octanol–water partition coefficient (Wildman–Crippen LogP) is 1.77. The van der Waals surface area contributed by atoms with Crippen molar-refractivity contribution in [1.82, 2.24) is 10.2 Å². The van der Waals surface area contributed by atoms with Crippen LogP contribution in [0.3, 0.4) is 0 Å². The van der Waals surface area contributed by atoms with Crippen molar-refractivity contribution in [2.45, 2.75) is 38.8 Å². The van der Waals surface area contributed by atoms with Crippen LogP contribution in [0.5, 0.6) is 0 Å². The highest BCUT2D eigenvalue weighted by atomic mass is 32.1. The van der Waals surface area contributed by atoms with E-state index < -0.39 is 0 Å². The van der Waals surface area contributed by atoms with Crippen LogP contribution >= 0.6 is 11.3 Å². The lowest BCUT2D eigenvalue weighted by Crippen LogP contribution is -2.44. The predicted molar refractivity (Wildman–Crippen MR) is 71.2 cm³/mol. The van der Waals surface area contributed by atoms with Gasteiger partial charge in [0.1, 0.15) is 6.04 Å². The van der Waals surface area contributed by atoms with Crippen molar-refractivity contribution in [3.05, 3.63) is 22.4 Å². The Morgan fingerprint density at radius 3 is 3.11 bits per heavy atom. The van der Waals surface area contributed by atoms with Gasteiger partial charge in [-0.25, -0.2) is 0 Å². The SMILES string of the molecule is CCCNC(=O)[C@@H]1CCC(=O)N1Cc1cccs1. The monoisotopic (exact) mass is 266 g/mol. The third-order valence-electron chi connectivity index (χ3n) is 3.09. The second-order valence-corrected chi connectivity index (χ2v) is 5.48. The van der Waals surface area contributed by atoms with Gasteiger partial charge >= 0.3 is 0 Å². The normalized spacial score (nSPS) is 19.3. The molecule has 0 spiro atoms. The molecule has 4 nitrogen and oxygen atoms in total. The van der Waals surface area contributed by atoms with E-state index in [-0.39, 0.29) is 17.9 Å². The minimum atomic E-state index is -0.286. The molecule has 1 N–H and O–H groups in total. The molecule has 1 aliphatic heterocycles. The summed E-state index contributed by atoms with van der Waals surface area (Å²) < 4.78 is 0. The largest absolute Gasteiger partial charge is 0.354 e. The zero-order valence-electron chi connectivity index (χ0n) is 10.5. The summed E-state index contributed by atoms with van der Waals surface area (Å²) in [6.07, 6.45) is 2.03. The molecule has 1 fully saturated rings. The number of carbonyl (C=O) groups excluding carboxylic acids is 2. The molecular weight excluding hydrogens is 248 g/mol. The van der Waals surface area contributed by atoms with Gasteiger partial charge in [0.2, 0.25) is 11.8 Å². The molecule has 0 saturated carbocycles. The second kappa shape index (κ2) is 6.00. The average Bonchev–Trinajstić information content (AvgIpc) is 2.98. The molecule has 2 heterocycles. The van der Waals surface area contributed by atoms with E-state index in [2.05, 4.69) is 5.32 Å². The van der Waals surface area contributed by atoms with Crippen molar-refractivity contribution < 1.29 is 9.59 Å². The number of amides is 2. The standard InChI is InChI=1S/C13H18N2O2S/c1-2-7-14-13(17)11-5-6-12(16)15(11)9-10-4-3-8-18-10/h3-4,8,11H,2,5-7,9H2,1H3,(H,14,17)/t11-/m0/s1. The van der Waals surface area contributed by atoms with E-state index in [1.165, 1.54) is 0 Å². The van der Waals surface area contributed by atoms with Gasteiger partial charge in [-0.05, 0) is 24.3 Å². The molecule has 0 unspecified atom stereocenters. The Morgan fingerprint density at radius 1 is 1.61 bits per heavy atom. The Kier molecular flexibility index (Phi) is 4.36. The molecule has 0 aromatic carbocycles. The van der Waals surface area contributed by atoms with Gasteiger partial charge in [0.15, 0.2) is 0 Å². The Balaban J connectivity index is 2.01. The highest BCUT2D eigenvalue weighted by molar-refractivity contribution is 7.09. The highest BCUT2D eigenvalue weighted by Crippen LogP contribution is 2.23. The van der Waals surface area contributed by atoms with Gasteiger partial charge in [0, 0.05) is 17.8 Å². The first-order chi connectivity index (χ1) is 8.72. The van der Waals surface area contributed by atoms with Gasteiger partial charge in [-0.1, -0.05) is 13.0 Å². The summed E-state index contributed by atoms with van der Waals surface area (Å²) in [6, 6.07) is 3.68. The molecule has 1 atom stereocenters. The molecule has 1 saturated heterocycles. The van der Waals surface area contributed by atoms with E-state index in [1.54, 1.807) is 16.2 Å². The molecular formula is C13H18N2O2S. The van der Waals surface area contributed by atoms with Gasteiger partial charge in [-0.2, -0.15) is 0 Å². The molecule has 5 heteroatoms. The third kappa shape index (κ3) is 2.90. The maximum absolute atomic E-state index is 12.0. The smallest absolute Gasteiger partial charge is 0.242 e. The fourth-order valence-electron chi connectivity index (χ4n) is 2.14. The van der Waals surface area contributed by atoms with E-state index in [4.69, 9.17) is 0 Å². The maximum atomic E-state index is 12.0. The molecule has 1 aromatic heterocycles. The van der Waals surface area contributed by atoms with E-state index in [9.17, 15) is 9.59 Å². The first kappa shape index (κ1) is 13.1. The second-order valence-electron chi connectivity index (χ2n) is 4.45. The third-order valence-corrected chi connectivity index (χ3v) is 3.95. The van der Waals surface area contributed by atoms with E-state index >= 15 is 0 Å². The van der Waals surface area contributed by atoms with Crippen LogP contribution in [0.4, 0.5) is 0 Å². The first-order valence-electron chi connectivity index (χ1n) is 6.32. The van der Waals surface area contributed by atoms with E-state index in [0.29, 0.717) is 25.9 Å². The van der Waals surface area contributed by atoms with E-state index in [0.717, 1.165) is 11.3 Å². The lowest BCUT2D eigenvalue weighted by molar-refractivity contribution is -0.135. The van der Waals surface area contributed by atoms with Gasteiger partial charge in [-0.3, -0.25) is 9.59 Å². The van der Waals surface area contributed by atoms with Crippen LogP contribution in [0.25, 0.3) is 0 Å². The number of nitrogens with one attached hydrogen (secondary N) is 1. The van der Waals surface area contributed by atoms with Crippen molar-refractivity contribution in [3.63, 3.8) is 0 Å². The van der Waals surface area contributed by atoms with E-state index in [1.807, 2.05) is 24.4 Å². The van der Waals surface area contributed by atoms with Gasteiger partial charge in [0.25, 0.3) is 0 Å². The number of carbonyl (C=O) groups is 2. The summed E-state index contributed by atoms with van der Waals surface area (Å²) in [7, 11) is 0. The van der Waals surface area contributed by atoms with Gasteiger partial charge in [0.05, 0.1) is 6.54 Å². The number of hydrogen-bond acceptors (Lipinski definition) is 3. The Morgan fingerprint density at radius 2 is 2.44 bits per heavy atom. The summed E-state index contributed by atoms with van der Waals surface area (Å²) in [5.74, 6) is 0.0688. The summed E-state index contributed by atoms with van der Waals surface area (Å²) in [5.41, 5.74) is 0. The minimum absolute atomic E-state index is 0.0146. The van der Waals surface area contributed by atoms with Crippen LogP contribution in [-0.4, -0.2) is 29.3 Å². The molecule has 1 aliphatic rings. The lowest BCUT2D eigenvalue weighted by Gasteiger charge is -2.23. The van der Waals surface area contributed by atoms with Crippen LogP contribution < -0.4 is 5.32 Å². The zero-order chi connectivity index (χ0) is 13.0. The number of likely N-dealkylation sites (tertiary alicyclic amines) is 1. The quantitative estimate of drug-likeness (QED) is 0.883. The maximum Gasteiger partial charge on any atom is 0.242 e. The molecule has 0 radical (unpaired) electrons. The fourth-order valence-corrected chi connectivity index (χ4v) is 2.84. The van der Waals surface area contributed by atoms with Crippen molar-refractivity contribution >= 4 is 23.2 Å². The summed E-state index contributed by atoms with van der Waals surface area (Å²) in [4.78, 5) is 26.7. The summed E-state index contributed by atoms with van der Waals surface area (Å²) >= 11 is 1.62. The van der Waals surface area contributed by atoms with Crippen molar-refractivity contribution in [2.24, 2.45) is 0 Å². The van der Waals surface area contributed by atoms with Crippen LogP contribution in [0.2, 0.25) is 0 Å². The Labute approximate surface area is 111 Å². The molecule has 2 rings (SSSR count). The molecule has 1 aromatic rings. The van der Waals surface area contributed by atoms with Crippen molar-refractivity contribution in [1.29, 1.82) is 0 Å². The molecule has 98 valence electrons.